The number of nitrogens with one attached hydrogen (secondary N) is 1. The van der Waals surface area contributed by atoms with Gasteiger partial charge in [0.25, 0.3) is 0 Å². The third-order valence-corrected chi connectivity index (χ3v) is 4.81. The van der Waals surface area contributed by atoms with Crippen LogP contribution in [0, 0.1) is 0 Å². The van der Waals surface area contributed by atoms with Gasteiger partial charge < -0.3 is 38.5 Å². The summed E-state index contributed by atoms with van der Waals surface area (Å²) in [5, 5.41) is 2.50. The summed E-state index contributed by atoms with van der Waals surface area (Å²) in [4.78, 5) is 58.7. The predicted molar refractivity (Wildman–Crippen MR) is 123 cm³/mol. The van der Waals surface area contributed by atoms with Gasteiger partial charge in [-0.2, -0.15) is 0 Å². The van der Waals surface area contributed by atoms with E-state index < -0.39 is 60.7 Å². The molecule has 0 saturated carbocycles. The molecule has 204 valence electrons. The number of amides is 1. The molecule has 13 heteroatoms. The number of hydrogen-bond donors (Lipinski definition) is 1. The summed E-state index contributed by atoms with van der Waals surface area (Å²) in [5.74, 6) is -2.87. The van der Waals surface area contributed by atoms with Crippen molar-refractivity contribution in [3.63, 3.8) is 0 Å². The third kappa shape index (κ3) is 10.4. The normalized spacial score (nSPS) is 22.8. The molecule has 0 aromatic heterocycles. The van der Waals surface area contributed by atoms with Crippen LogP contribution < -0.4 is 5.32 Å². The Bertz CT molecular complexity index is 937. The maximum absolute atomic E-state index is 12.0. The van der Waals surface area contributed by atoms with Gasteiger partial charge in [0.15, 0.2) is 24.6 Å². The van der Waals surface area contributed by atoms with Gasteiger partial charge in [0.2, 0.25) is 0 Å². The van der Waals surface area contributed by atoms with Crippen LogP contribution in [-0.4, -0.2) is 80.4 Å². The molecule has 1 aromatic carbocycles. The Morgan fingerprint density at radius 2 is 1.38 bits per heavy atom. The summed E-state index contributed by atoms with van der Waals surface area (Å²) in [6.07, 6.45) is -7.11. The largest absolute Gasteiger partial charge is 0.463 e. The van der Waals surface area contributed by atoms with Gasteiger partial charge in [-0.15, -0.1) is 0 Å². The highest BCUT2D eigenvalue weighted by atomic mass is 16.7. The van der Waals surface area contributed by atoms with Crippen LogP contribution in [0.3, 0.4) is 0 Å². The molecule has 0 unspecified atom stereocenters. The van der Waals surface area contributed by atoms with Crippen LogP contribution in [0.2, 0.25) is 0 Å². The minimum atomic E-state index is -1.34. The quantitative estimate of drug-likeness (QED) is 0.248. The zero-order valence-electron chi connectivity index (χ0n) is 21.0. The average Bonchev–Trinajstić information content (AvgIpc) is 2.82. The van der Waals surface area contributed by atoms with E-state index in [0.29, 0.717) is 0 Å². The molecule has 1 aliphatic heterocycles. The van der Waals surface area contributed by atoms with E-state index in [2.05, 4.69) is 5.32 Å². The monoisotopic (exact) mass is 525 g/mol. The lowest BCUT2D eigenvalue weighted by molar-refractivity contribution is -0.307. The van der Waals surface area contributed by atoms with Gasteiger partial charge in [-0.3, -0.25) is 19.2 Å². The standard InChI is InChI=1S/C24H31NO12/c1-14(26)32-13-19-20(34-15(2)27)21(35-16(3)28)22(36-17(4)29)23(37-19)31-11-10-25-24(30)33-12-18-8-6-5-7-9-18/h5-9,19-23H,10-13H2,1-4H3,(H,25,30)/t19-,20+,21+,22-,23-/m1/s1. The van der Waals surface area contributed by atoms with E-state index >= 15 is 0 Å². The Kier molecular flexibility index (Phi) is 11.8. The van der Waals surface area contributed by atoms with Crippen LogP contribution in [0.25, 0.3) is 0 Å². The molecule has 2 rings (SSSR count). The Labute approximate surface area is 213 Å². The average molecular weight is 526 g/mol. The molecule has 1 saturated heterocycles. The van der Waals surface area contributed by atoms with E-state index in [4.69, 9.17) is 33.2 Å². The van der Waals surface area contributed by atoms with Crippen molar-refractivity contribution < 1.29 is 57.1 Å². The van der Waals surface area contributed by atoms with E-state index in [-0.39, 0.29) is 26.4 Å². The first-order valence-corrected chi connectivity index (χ1v) is 11.4. The number of hydrogen-bond acceptors (Lipinski definition) is 12. The van der Waals surface area contributed by atoms with Crippen molar-refractivity contribution in [3.8, 4) is 0 Å². The molecule has 0 aliphatic carbocycles. The molecule has 1 heterocycles. The van der Waals surface area contributed by atoms with E-state index in [1.165, 1.54) is 6.92 Å². The van der Waals surface area contributed by atoms with Gasteiger partial charge in [-0.25, -0.2) is 4.79 Å². The highest BCUT2D eigenvalue weighted by Crippen LogP contribution is 2.29. The van der Waals surface area contributed by atoms with Crippen molar-refractivity contribution in [2.45, 2.75) is 65.0 Å². The van der Waals surface area contributed by atoms with Crippen molar-refractivity contribution in [3.05, 3.63) is 35.9 Å². The van der Waals surface area contributed by atoms with E-state index in [1.807, 2.05) is 18.2 Å². The second-order valence-electron chi connectivity index (χ2n) is 7.93. The summed E-state index contributed by atoms with van der Waals surface area (Å²) in [5.41, 5.74) is 0.811. The second-order valence-corrected chi connectivity index (χ2v) is 7.93. The maximum Gasteiger partial charge on any atom is 0.407 e. The lowest BCUT2D eigenvalue weighted by atomic mass is 9.98. The lowest BCUT2D eigenvalue weighted by Crippen LogP contribution is -2.63. The van der Waals surface area contributed by atoms with Crippen molar-refractivity contribution >= 4 is 30.0 Å². The minimum Gasteiger partial charge on any atom is -0.463 e. The maximum atomic E-state index is 12.0. The van der Waals surface area contributed by atoms with Crippen LogP contribution in [-0.2, 0) is 58.9 Å². The zero-order chi connectivity index (χ0) is 27.4. The van der Waals surface area contributed by atoms with Crippen LogP contribution in [0.5, 0.6) is 0 Å². The number of rotatable bonds is 11. The first-order chi connectivity index (χ1) is 17.6. The predicted octanol–water partition coefficient (Wildman–Crippen LogP) is 1.01. The van der Waals surface area contributed by atoms with Gasteiger partial charge in [0.05, 0.1) is 6.61 Å². The van der Waals surface area contributed by atoms with Crippen molar-refractivity contribution in [1.29, 1.82) is 0 Å². The summed E-state index contributed by atoms with van der Waals surface area (Å²) < 4.78 is 37.5. The number of ether oxygens (including phenoxy) is 7. The Balaban J connectivity index is 2.07. The molecule has 1 aromatic rings. The molecular weight excluding hydrogens is 494 g/mol. The lowest BCUT2D eigenvalue weighted by Gasteiger charge is -2.44. The molecule has 1 N–H and O–H groups in total. The molecule has 0 bridgehead atoms. The van der Waals surface area contributed by atoms with E-state index in [0.717, 1.165) is 26.3 Å². The highest BCUT2D eigenvalue weighted by molar-refractivity contribution is 5.69. The summed E-state index contributed by atoms with van der Waals surface area (Å²) in [6.45, 7) is 4.10. The van der Waals surface area contributed by atoms with E-state index in [9.17, 15) is 24.0 Å². The number of esters is 4. The van der Waals surface area contributed by atoms with Gasteiger partial charge in [-0.05, 0) is 5.56 Å². The van der Waals surface area contributed by atoms with Crippen LogP contribution in [0.4, 0.5) is 4.79 Å². The first kappa shape index (κ1) is 29.5. The Hall–Kier alpha value is -3.71. The molecule has 1 amide bonds. The highest BCUT2D eigenvalue weighted by Gasteiger charge is 2.52. The molecule has 1 fully saturated rings. The summed E-state index contributed by atoms with van der Waals surface area (Å²) >= 11 is 0. The number of alkyl carbamates (subject to hydrolysis) is 1. The van der Waals surface area contributed by atoms with Gasteiger partial charge in [0.1, 0.15) is 19.3 Å². The zero-order valence-corrected chi connectivity index (χ0v) is 21.0. The minimum absolute atomic E-state index is 0.0134. The first-order valence-electron chi connectivity index (χ1n) is 11.4. The summed E-state index contributed by atoms with van der Waals surface area (Å²) in [6, 6.07) is 9.09. The van der Waals surface area contributed by atoms with Crippen molar-refractivity contribution in [2.24, 2.45) is 0 Å². The Morgan fingerprint density at radius 3 is 1.97 bits per heavy atom. The van der Waals surface area contributed by atoms with Gasteiger partial charge >= 0.3 is 30.0 Å². The SMILES string of the molecule is CC(=O)OC[C@H]1O[C@@H](OCCNC(=O)OCc2ccccc2)[C@H](OC(C)=O)[C@@H](OC(C)=O)[C@H]1OC(C)=O. The van der Waals surface area contributed by atoms with E-state index in [1.54, 1.807) is 12.1 Å². The number of carbonyl (C=O) groups is 5. The van der Waals surface area contributed by atoms with Gasteiger partial charge in [-0.1, -0.05) is 30.3 Å². The smallest absolute Gasteiger partial charge is 0.407 e. The number of carbonyl (C=O) groups excluding carboxylic acids is 5. The fourth-order valence-electron chi connectivity index (χ4n) is 3.43. The third-order valence-electron chi connectivity index (χ3n) is 4.81. The van der Waals surface area contributed by atoms with Crippen molar-refractivity contribution in [2.75, 3.05) is 19.8 Å². The molecule has 1 aliphatic rings. The molecule has 37 heavy (non-hydrogen) atoms. The summed E-state index contributed by atoms with van der Waals surface area (Å²) in [7, 11) is 0. The molecule has 0 radical (unpaired) electrons. The fraction of sp³-hybridized carbons (Fsp3) is 0.542. The second kappa shape index (κ2) is 14.8. The molecule has 0 spiro atoms. The fourth-order valence-corrected chi connectivity index (χ4v) is 3.43. The van der Waals surface area contributed by atoms with Crippen LogP contribution in [0.15, 0.2) is 30.3 Å². The molecule has 13 nitrogen and oxygen atoms in total. The molecular formula is C24H31NO12. The number of benzene rings is 1. The van der Waals surface area contributed by atoms with Crippen molar-refractivity contribution in [1.82, 2.24) is 5.32 Å². The Morgan fingerprint density at radius 1 is 0.784 bits per heavy atom. The molecule has 5 atom stereocenters. The van der Waals surface area contributed by atoms with Crippen LogP contribution in [0.1, 0.15) is 33.3 Å². The topological polar surface area (TPSA) is 162 Å². The van der Waals surface area contributed by atoms with Gasteiger partial charge in [0, 0.05) is 34.2 Å². The van der Waals surface area contributed by atoms with Crippen LogP contribution >= 0.6 is 0 Å².